The van der Waals surface area contributed by atoms with E-state index in [-0.39, 0.29) is 12.1 Å². The summed E-state index contributed by atoms with van der Waals surface area (Å²) in [5.41, 5.74) is 2.34. The lowest BCUT2D eigenvalue weighted by atomic mass is 10.1. The summed E-state index contributed by atoms with van der Waals surface area (Å²) in [4.78, 5) is 19.1. The topological polar surface area (TPSA) is 48.0 Å². The molecule has 1 atom stereocenters. The van der Waals surface area contributed by atoms with E-state index < -0.39 is 0 Å². The van der Waals surface area contributed by atoms with Gasteiger partial charge >= 0.3 is 6.03 Å². The van der Waals surface area contributed by atoms with Gasteiger partial charge < -0.3 is 24.8 Å². The largest absolute Gasteiger partial charge is 0.378 e. The number of morpholine rings is 1. The standard InChI is InChI=1S/C21H36N4O2/c1-17(2)16-25(11-10-23(4)5)21(26)22-18(3)19-6-8-20(9-7-19)24-12-14-27-15-13-24/h6-9,17-18H,10-16H2,1-5H3,(H,22,26). The number of ether oxygens (including phenoxy) is 1. The lowest BCUT2D eigenvalue weighted by Crippen LogP contribution is -2.45. The van der Waals surface area contributed by atoms with Crippen molar-refractivity contribution in [1.82, 2.24) is 15.1 Å². The summed E-state index contributed by atoms with van der Waals surface area (Å²) in [6, 6.07) is 8.49. The first-order chi connectivity index (χ1) is 12.9. The summed E-state index contributed by atoms with van der Waals surface area (Å²) in [5, 5.41) is 3.16. The van der Waals surface area contributed by atoms with E-state index in [4.69, 9.17) is 4.74 Å². The summed E-state index contributed by atoms with van der Waals surface area (Å²) in [6.45, 7) is 12.1. The molecule has 6 heteroatoms. The monoisotopic (exact) mass is 376 g/mol. The lowest BCUT2D eigenvalue weighted by molar-refractivity contribution is 0.122. The van der Waals surface area contributed by atoms with Gasteiger partial charge in [0.1, 0.15) is 0 Å². The molecule has 1 aliphatic rings. The van der Waals surface area contributed by atoms with Crippen LogP contribution in [-0.4, -0.2) is 75.9 Å². The van der Waals surface area contributed by atoms with Gasteiger partial charge in [-0.3, -0.25) is 0 Å². The molecule has 0 radical (unpaired) electrons. The van der Waals surface area contributed by atoms with Crippen LogP contribution in [0.1, 0.15) is 32.4 Å². The Morgan fingerprint density at radius 1 is 1.11 bits per heavy atom. The maximum Gasteiger partial charge on any atom is 0.317 e. The first-order valence-corrected chi connectivity index (χ1v) is 9.99. The van der Waals surface area contributed by atoms with Crippen molar-refractivity contribution < 1.29 is 9.53 Å². The van der Waals surface area contributed by atoms with Crippen LogP contribution in [0.25, 0.3) is 0 Å². The molecule has 1 aliphatic heterocycles. The van der Waals surface area contributed by atoms with Crippen molar-refractivity contribution in [2.24, 2.45) is 5.92 Å². The molecule has 1 fully saturated rings. The molecular weight excluding hydrogens is 340 g/mol. The van der Waals surface area contributed by atoms with Gasteiger partial charge in [-0.05, 0) is 44.6 Å². The maximum absolute atomic E-state index is 12.8. The second-order valence-electron chi connectivity index (χ2n) is 8.01. The van der Waals surface area contributed by atoms with Gasteiger partial charge in [0.2, 0.25) is 0 Å². The molecule has 27 heavy (non-hydrogen) atoms. The summed E-state index contributed by atoms with van der Waals surface area (Å²) in [6.07, 6.45) is 0. The number of nitrogens with zero attached hydrogens (tertiary/aromatic N) is 3. The van der Waals surface area contributed by atoms with E-state index in [0.29, 0.717) is 5.92 Å². The molecular formula is C21H36N4O2. The number of benzene rings is 1. The summed E-state index contributed by atoms with van der Waals surface area (Å²) in [7, 11) is 4.06. The first kappa shape index (κ1) is 21.5. The van der Waals surface area contributed by atoms with Crippen LogP contribution in [0.5, 0.6) is 0 Å². The van der Waals surface area contributed by atoms with Crippen LogP contribution in [0.2, 0.25) is 0 Å². The van der Waals surface area contributed by atoms with E-state index >= 15 is 0 Å². The summed E-state index contributed by atoms with van der Waals surface area (Å²) in [5.74, 6) is 0.445. The van der Waals surface area contributed by atoms with Gasteiger partial charge in [-0.25, -0.2) is 4.79 Å². The molecule has 6 nitrogen and oxygen atoms in total. The quantitative estimate of drug-likeness (QED) is 0.758. The Morgan fingerprint density at radius 3 is 2.30 bits per heavy atom. The van der Waals surface area contributed by atoms with Gasteiger partial charge in [0.15, 0.2) is 0 Å². The van der Waals surface area contributed by atoms with Crippen LogP contribution in [0.4, 0.5) is 10.5 Å². The third-order valence-electron chi connectivity index (χ3n) is 4.80. The van der Waals surface area contributed by atoms with Crippen molar-refractivity contribution in [1.29, 1.82) is 0 Å². The fourth-order valence-corrected chi connectivity index (χ4v) is 3.19. The molecule has 0 spiro atoms. The molecule has 1 heterocycles. The number of hydrogen-bond donors (Lipinski definition) is 1. The van der Waals surface area contributed by atoms with Crippen molar-refractivity contribution in [2.45, 2.75) is 26.8 Å². The zero-order chi connectivity index (χ0) is 19.8. The summed E-state index contributed by atoms with van der Waals surface area (Å²) < 4.78 is 5.41. The van der Waals surface area contributed by atoms with Gasteiger partial charge in [0.25, 0.3) is 0 Å². The zero-order valence-electron chi connectivity index (χ0n) is 17.6. The van der Waals surface area contributed by atoms with Crippen molar-refractivity contribution in [2.75, 3.05) is 64.9 Å². The van der Waals surface area contributed by atoms with E-state index in [9.17, 15) is 4.79 Å². The Balaban J connectivity index is 1.94. The van der Waals surface area contributed by atoms with Crippen molar-refractivity contribution >= 4 is 11.7 Å². The molecule has 0 aliphatic carbocycles. The SMILES string of the molecule is CC(C)CN(CCN(C)C)C(=O)NC(C)c1ccc(N2CCOCC2)cc1. The molecule has 0 aromatic heterocycles. The molecule has 2 rings (SSSR count). The number of amides is 2. The minimum absolute atomic E-state index is 0.00954. The summed E-state index contributed by atoms with van der Waals surface area (Å²) >= 11 is 0. The highest BCUT2D eigenvalue weighted by molar-refractivity contribution is 5.74. The number of urea groups is 1. The third kappa shape index (κ3) is 7.03. The van der Waals surface area contributed by atoms with Crippen molar-refractivity contribution in [3.63, 3.8) is 0 Å². The Morgan fingerprint density at radius 2 is 1.74 bits per heavy atom. The highest BCUT2D eigenvalue weighted by Gasteiger charge is 2.18. The van der Waals surface area contributed by atoms with E-state index in [1.807, 2.05) is 25.9 Å². The van der Waals surface area contributed by atoms with E-state index in [0.717, 1.165) is 51.5 Å². The number of anilines is 1. The van der Waals surface area contributed by atoms with Crippen LogP contribution >= 0.6 is 0 Å². The normalized spacial score (nSPS) is 15.9. The average Bonchev–Trinajstić information content (AvgIpc) is 2.65. The molecule has 2 amide bonds. The van der Waals surface area contributed by atoms with Gasteiger partial charge in [-0.15, -0.1) is 0 Å². The highest BCUT2D eigenvalue weighted by atomic mass is 16.5. The molecule has 1 saturated heterocycles. The van der Waals surface area contributed by atoms with Crippen LogP contribution in [0.3, 0.4) is 0 Å². The van der Waals surface area contributed by atoms with Crippen LogP contribution < -0.4 is 10.2 Å². The Kier molecular flexibility index (Phi) is 8.38. The number of rotatable bonds is 8. The minimum Gasteiger partial charge on any atom is -0.378 e. The second kappa shape index (κ2) is 10.5. The predicted molar refractivity (Wildman–Crippen MR) is 111 cm³/mol. The Hall–Kier alpha value is -1.79. The highest BCUT2D eigenvalue weighted by Crippen LogP contribution is 2.20. The Bertz CT molecular complexity index is 568. The second-order valence-corrected chi connectivity index (χ2v) is 8.01. The lowest BCUT2D eigenvalue weighted by Gasteiger charge is -2.29. The third-order valence-corrected chi connectivity index (χ3v) is 4.80. The Labute approximate surface area is 164 Å². The first-order valence-electron chi connectivity index (χ1n) is 9.99. The molecule has 1 N–H and O–H groups in total. The average molecular weight is 377 g/mol. The van der Waals surface area contributed by atoms with E-state index in [1.54, 1.807) is 0 Å². The number of nitrogens with one attached hydrogen (secondary N) is 1. The van der Waals surface area contributed by atoms with Crippen LogP contribution in [0.15, 0.2) is 24.3 Å². The molecule has 0 bridgehead atoms. The minimum atomic E-state index is -0.0229. The fraction of sp³-hybridized carbons (Fsp3) is 0.667. The molecule has 1 aromatic rings. The van der Waals surface area contributed by atoms with E-state index in [2.05, 4.69) is 53.2 Å². The molecule has 1 aromatic carbocycles. The molecule has 1 unspecified atom stereocenters. The maximum atomic E-state index is 12.8. The molecule has 0 saturated carbocycles. The molecule has 152 valence electrons. The zero-order valence-corrected chi connectivity index (χ0v) is 17.6. The van der Waals surface area contributed by atoms with Crippen LogP contribution in [-0.2, 0) is 4.74 Å². The van der Waals surface area contributed by atoms with Gasteiger partial charge in [0.05, 0.1) is 19.3 Å². The van der Waals surface area contributed by atoms with E-state index in [1.165, 1.54) is 5.69 Å². The van der Waals surface area contributed by atoms with Crippen molar-refractivity contribution in [3.8, 4) is 0 Å². The predicted octanol–water partition coefficient (Wildman–Crippen LogP) is 2.81. The van der Waals surface area contributed by atoms with Crippen molar-refractivity contribution in [3.05, 3.63) is 29.8 Å². The van der Waals surface area contributed by atoms with Gasteiger partial charge in [0, 0.05) is 38.4 Å². The number of likely N-dealkylation sites (N-methyl/N-ethyl adjacent to an activating group) is 1. The smallest absolute Gasteiger partial charge is 0.317 e. The number of carbonyl (C=O) groups excluding carboxylic acids is 1. The fourth-order valence-electron chi connectivity index (χ4n) is 3.19. The van der Waals surface area contributed by atoms with Gasteiger partial charge in [-0.1, -0.05) is 26.0 Å². The van der Waals surface area contributed by atoms with Gasteiger partial charge in [-0.2, -0.15) is 0 Å². The number of hydrogen-bond acceptors (Lipinski definition) is 4. The van der Waals surface area contributed by atoms with Crippen LogP contribution in [0, 0.1) is 5.92 Å². The number of carbonyl (C=O) groups is 1.